The molecule has 144 valence electrons. The van der Waals surface area contributed by atoms with Crippen LogP contribution in [0.4, 0.5) is 0 Å². The molecule has 2 aromatic carbocycles. The van der Waals surface area contributed by atoms with Crippen molar-refractivity contribution in [2.75, 3.05) is 13.7 Å². The molecule has 1 heterocycles. The van der Waals surface area contributed by atoms with E-state index in [1.165, 1.54) is 0 Å². The number of carbonyl (C=O) groups is 1. The molecule has 1 unspecified atom stereocenters. The maximum Gasteiger partial charge on any atom is 0.227 e. The second-order valence-corrected chi connectivity index (χ2v) is 6.99. The fraction of sp³-hybridized carbons (Fsp3) is 0.217. The van der Waals surface area contributed by atoms with Gasteiger partial charge in [-0.15, -0.1) is 0 Å². The van der Waals surface area contributed by atoms with E-state index in [-0.39, 0.29) is 11.8 Å². The van der Waals surface area contributed by atoms with Gasteiger partial charge in [-0.25, -0.2) is 0 Å². The highest BCUT2D eigenvalue weighted by molar-refractivity contribution is 6.30. The van der Waals surface area contributed by atoms with Crippen LogP contribution in [0.1, 0.15) is 22.6 Å². The van der Waals surface area contributed by atoms with E-state index in [4.69, 9.17) is 16.3 Å². The van der Waals surface area contributed by atoms with Crippen LogP contribution in [0.2, 0.25) is 5.02 Å². The summed E-state index contributed by atoms with van der Waals surface area (Å²) in [5, 5.41) is 3.73. The van der Waals surface area contributed by atoms with E-state index in [2.05, 4.69) is 10.3 Å². The van der Waals surface area contributed by atoms with Crippen molar-refractivity contribution < 1.29 is 9.53 Å². The number of benzene rings is 2. The second kappa shape index (κ2) is 9.90. The minimum Gasteiger partial charge on any atom is -0.497 e. The van der Waals surface area contributed by atoms with Gasteiger partial charge in [0.15, 0.2) is 0 Å². The van der Waals surface area contributed by atoms with Crippen molar-refractivity contribution >= 4 is 17.5 Å². The minimum absolute atomic E-state index is 0.00708. The summed E-state index contributed by atoms with van der Waals surface area (Å²) in [7, 11) is 1.65. The van der Waals surface area contributed by atoms with Crippen molar-refractivity contribution in [3.63, 3.8) is 0 Å². The van der Waals surface area contributed by atoms with E-state index in [0.717, 1.165) is 28.9 Å². The first-order chi connectivity index (χ1) is 13.7. The average Bonchev–Trinajstić information content (AvgIpc) is 2.74. The van der Waals surface area contributed by atoms with Gasteiger partial charge in [0, 0.05) is 24.0 Å². The van der Waals surface area contributed by atoms with Gasteiger partial charge in [0.05, 0.1) is 13.0 Å². The Hall–Kier alpha value is -2.85. The number of nitrogens with one attached hydrogen (secondary N) is 1. The van der Waals surface area contributed by atoms with Crippen molar-refractivity contribution in [3.05, 3.63) is 94.8 Å². The third kappa shape index (κ3) is 5.57. The summed E-state index contributed by atoms with van der Waals surface area (Å²) < 4.78 is 5.17. The molecule has 28 heavy (non-hydrogen) atoms. The van der Waals surface area contributed by atoms with Gasteiger partial charge < -0.3 is 10.1 Å². The zero-order valence-electron chi connectivity index (χ0n) is 15.8. The topological polar surface area (TPSA) is 51.2 Å². The molecule has 1 amide bonds. The summed E-state index contributed by atoms with van der Waals surface area (Å²) in [4.78, 5) is 17.0. The summed E-state index contributed by atoms with van der Waals surface area (Å²) >= 11 is 6.01. The number of aromatic nitrogens is 1. The first-order valence-corrected chi connectivity index (χ1v) is 9.58. The van der Waals surface area contributed by atoms with E-state index in [9.17, 15) is 4.79 Å². The fourth-order valence-electron chi connectivity index (χ4n) is 3.06. The minimum atomic E-state index is -0.282. The van der Waals surface area contributed by atoms with Crippen LogP contribution < -0.4 is 10.1 Å². The van der Waals surface area contributed by atoms with Gasteiger partial charge in [-0.05, 0) is 65.9 Å². The molecule has 1 aromatic heterocycles. The molecule has 0 radical (unpaired) electrons. The molecule has 0 spiro atoms. The highest BCUT2D eigenvalue weighted by Gasteiger charge is 2.21. The molecule has 0 aliphatic heterocycles. The normalized spacial score (nSPS) is 11.6. The molecule has 0 saturated carbocycles. The molecule has 0 saturated heterocycles. The van der Waals surface area contributed by atoms with Gasteiger partial charge in [-0.1, -0.05) is 35.9 Å². The lowest BCUT2D eigenvalue weighted by atomic mass is 9.91. The molecule has 0 aliphatic carbocycles. The Morgan fingerprint density at radius 1 is 1.00 bits per heavy atom. The SMILES string of the molecule is COc1ccc(CCNC(=O)C(Cc2ccncc2)c2ccc(Cl)cc2)cc1. The van der Waals surface area contributed by atoms with Gasteiger partial charge in [0.2, 0.25) is 5.91 Å². The number of hydrogen-bond acceptors (Lipinski definition) is 3. The summed E-state index contributed by atoms with van der Waals surface area (Å²) in [6, 6.07) is 19.2. The maximum absolute atomic E-state index is 12.9. The monoisotopic (exact) mass is 394 g/mol. The summed E-state index contributed by atoms with van der Waals surface area (Å²) in [5.41, 5.74) is 3.17. The molecule has 0 bridgehead atoms. The van der Waals surface area contributed by atoms with Crippen LogP contribution in [-0.4, -0.2) is 24.5 Å². The van der Waals surface area contributed by atoms with Crippen LogP contribution in [0.5, 0.6) is 5.75 Å². The zero-order valence-corrected chi connectivity index (χ0v) is 16.5. The smallest absolute Gasteiger partial charge is 0.227 e. The Bertz CT molecular complexity index is 881. The van der Waals surface area contributed by atoms with Crippen LogP contribution in [0.15, 0.2) is 73.1 Å². The van der Waals surface area contributed by atoms with E-state index in [1.54, 1.807) is 19.5 Å². The average molecular weight is 395 g/mol. The molecular weight excluding hydrogens is 372 g/mol. The molecule has 3 rings (SSSR count). The highest BCUT2D eigenvalue weighted by Crippen LogP contribution is 2.23. The first kappa shape index (κ1) is 19.9. The van der Waals surface area contributed by atoms with Crippen LogP contribution in [0, 0.1) is 0 Å². The number of rotatable bonds is 8. The Labute approximate surface area is 170 Å². The van der Waals surface area contributed by atoms with Crippen LogP contribution >= 0.6 is 11.6 Å². The number of halogens is 1. The summed E-state index contributed by atoms with van der Waals surface area (Å²) in [6.07, 6.45) is 4.86. The predicted octanol–water partition coefficient (Wildman–Crippen LogP) is 4.43. The van der Waals surface area contributed by atoms with Crippen molar-refractivity contribution in [2.24, 2.45) is 0 Å². The number of carbonyl (C=O) groups excluding carboxylic acids is 1. The van der Waals surface area contributed by atoms with Crippen molar-refractivity contribution in [1.82, 2.24) is 10.3 Å². The number of hydrogen-bond donors (Lipinski definition) is 1. The number of methoxy groups -OCH3 is 1. The van der Waals surface area contributed by atoms with Gasteiger partial charge in [-0.2, -0.15) is 0 Å². The van der Waals surface area contributed by atoms with Crippen LogP contribution in [0.3, 0.4) is 0 Å². The number of pyridine rings is 1. The fourth-order valence-corrected chi connectivity index (χ4v) is 3.18. The van der Waals surface area contributed by atoms with Gasteiger partial charge >= 0.3 is 0 Å². The lowest BCUT2D eigenvalue weighted by molar-refractivity contribution is -0.122. The van der Waals surface area contributed by atoms with Gasteiger partial charge in [0.25, 0.3) is 0 Å². The van der Waals surface area contributed by atoms with Gasteiger partial charge in [0.1, 0.15) is 5.75 Å². The van der Waals surface area contributed by atoms with Crippen molar-refractivity contribution in [2.45, 2.75) is 18.8 Å². The van der Waals surface area contributed by atoms with E-state index in [0.29, 0.717) is 18.0 Å². The standard InChI is InChI=1S/C23H23ClN2O2/c1-28-21-8-2-17(3-9-21)12-15-26-23(27)22(16-18-10-13-25-14-11-18)19-4-6-20(24)7-5-19/h2-11,13-14,22H,12,15-16H2,1H3,(H,26,27). The lowest BCUT2D eigenvalue weighted by Gasteiger charge is -2.18. The molecule has 4 nitrogen and oxygen atoms in total. The third-order valence-corrected chi connectivity index (χ3v) is 4.90. The molecule has 1 N–H and O–H groups in total. The maximum atomic E-state index is 12.9. The third-order valence-electron chi connectivity index (χ3n) is 4.65. The molecule has 3 aromatic rings. The van der Waals surface area contributed by atoms with Gasteiger partial charge in [-0.3, -0.25) is 9.78 Å². The molecule has 0 fully saturated rings. The molecule has 5 heteroatoms. The molecule has 1 atom stereocenters. The first-order valence-electron chi connectivity index (χ1n) is 9.20. The Morgan fingerprint density at radius 3 is 2.32 bits per heavy atom. The van der Waals surface area contributed by atoms with Crippen molar-refractivity contribution in [3.8, 4) is 5.75 Å². The number of nitrogens with zero attached hydrogens (tertiary/aromatic N) is 1. The molecular formula is C23H23ClN2O2. The molecule has 0 aliphatic rings. The quantitative estimate of drug-likeness (QED) is 0.615. The second-order valence-electron chi connectivity index (χ2n) is 6.55. The Balaban J connectivity index is 1.66. The lowest BCUT2D eigenvalue weighted by Crippen LogP contribution is -2.32. The summed E-state index contributed by atoms with van der Waals surface area (Å²) in [5.74, 6) is 0.552. The predicted molar refractivity (Wildman–Crippen MR) is 112 cm³/mol. The van der Waals surface area contributed by atoms with E-state index >= 15 is 0 Å². The van der Waals surface area contributed by atoms with Crippen LogP contribution in [0.25, 0.3) is 0 Å². The van der Waals surface area contributed by atoms with Crippen LogP contribution in [-0.2, 0) is 17.6 Å². The summed E-state index contributed by atoms with van der Waals surface area (Å²) in [6.45, 7) is 0.575. The zero-order chi connectivity index (χ0) is 19.8. The van der Waals surface area contributed by atoms with Crippen molar-refractivity contribution in [1.29, 1.82) is 0 Å². The Kier molecular flexibility index (Phi) is 7.04. The number of ether oxygens (including phenoxy) is 1. The Morgan fingerprint density at radius 2 is 1.68 bits per heavy atom. The largest absolute Gasteiger partial charge is 0.497 e. The highest BCUT2D eigenvalue weighted by atomic mass is 35.5. The number of amides is 1. The van der Waals surface area contributed by atoms with E-state index < -0.39 is 0 Å². The van der Waals surface area contributed by atoms with E-state index in [1.807, 2.05) is 60.7 Å².